The van der Waals surface area contributed by atoms with Gasteiger partial charge in [-0.15, -0.1) is 0 Å². The van der Waals surface area contributed by atoms with Crippen LogP contribution in [0.2, 0.25) is 0 Å². The van der Waals surface area contributed by atoms with Crippen LogP contribution in [0.1, 0.15) is 88.0 Å². The molecule has 2 N–H and O–H groups in total. The van der Waals surface area contributed by atoms with Gasteiger partial charge in [-0.3, -0.25) is 9.80 Å². The second-order valence-corrected chi connectivity index (χ2v) is 11.8. The molecule has 1 aliphatic carbocycles. The van der Waals surface area contributed by atoms with E-state index in [1.165, 1.54) is 25.7 Å². The summed E-state index contributed by atoms with van der Waals surface area (Å²) in [6, 6.07) is 0.751. The van der Waals surface area contributed by atoms with Crippen molar-refractivity contribution in [1.82, 2.24) is 15.1 Å². The highest BCUT2D eigenvalue weighted by atomic mass is 16.5. The molecule has 3 aliphatic rings. The first-order valence-electron chi connectivity index (χ1n) is 13.6. The SMILES string of the molecule is CC(C)C.CCCCN1CCOC(C(C)(C)O)C1.CCN1CCOC(C(C)(C)NC2CC2)C1. The van der Waals surface area contributed by atoms with E-state index in [-0.39, 0.29) is 11.6 Å². The molecule has 0 radical (unpaired) electrons. The lowest BCUT2D eigenvalue weighted by Gasteiger charge is -2.41. The summed E-state index contributed by atoms with van der Waals surface area (Å²) in [5, 5.41) is 13.5. The van der Waals surface area contributed by atoms with Crippen molar-refractivity contribution >= 4 is 0 Å². The molecular formula is C27H57N3O3. The van der Waals surface area contributed by atoms with Gasteiger partial charge < -0.3 is 19.9 Å². The maximum absolute atomic E-state index is 9.83. The number of unbranched alkanes of at least 4 members (excludes halogenated alkanes) is 1. The van der Waals surface area contributed by atoms with Crippen LogP contribution in [0, 0.1) is 5.92 Å². The summed E-state index contributed by atoms with van der Waals surface area (Å²) < 4.78 is 11.5. The highest BCUT2D eigenvalue weighted by Crippen LogP contribution is 2.26. The molecule has 2 atom stereocenters. The van der Waals surface area contributed by atoms with Gasteiger partial charge in [-0.2, -0.15) is 0 Å². The van der Waals surface area contributed by atoms with Gasteiger partial charge >= 0.3 is 0 Å². The lowest BCUT2D eigenvalue weighted by Crippen LogP contribution is -2.58. The van der Waals surface area contributed by atoms with Crippen molar-refractivity contribution in [2.24, 2.45) is 5.92 Å². The Morgan fingerprint density at radius 2 is 1.42 bits per heavy atom. The number of nitrogens with one attached hydrogen (secondary N) is 1. The summed E-state index contributed by atoms with van der Waals surface area (Å²) in [5.41, 5.74) is -0.597. The molecule has 0 aromatic heterocycles. The van der Waals surface area contributed by atoms with Crippen LogP contribution in [0.5, 0.6) is 0 Å². The van der Waals surface area contributed by atoms with Gasteiger partial charge in [0.15, 0.2) is 0 Å². The smallest absolute Gasteiger partial charge is 0.0983 e. The van der Waals surface area contributed by atoms with E-state index < -0.39 is 5.60 Å². The highest BCUT2D eigenvalue weighted by Gasteiger charge is 2.38. The van der Waals surface area contributed by atoms with Crippen LogP contribution >= 0.6 is 0 Å². The molecule has 2 unspecified atom stereocenters. The molecule has 0 amide bonds. The van der Waals surface area contributed by atoms with Gasteiger partial charge in [0.05, 0.1) is 31.0 Å². The average molecular weight is 472 g/mol. The minimum Gasteiger partial charge on any atom is -0.388 e. The van der Waals surface area contributed by atoms with Crippen molar-refractivity contribution in [3.8, 4) is 0 Å². The molecule has 0 aromatic carbocycles. The van der Waals surface area contributed by atoms with Gasteiger partial charge in [0.25, 0.3) is 0 Å². The number of morpholine rings is 2. The van der Waals surface area contributed by atoms with Crippen LogP contribution in [-0.2, 0) is 9.47 Å². The van der Waals surface area contributed by atoms with Crippen molar-refractivity contribution in [2.75, 3.05) is 52.5 Å². The molecule has 3 rings (SSSR count). The van der Waals surface area contributed by atoms with E-state index in [2.05, 4.69) is 63.6 Å². The van der Waals surface area contributed by atoms with Crippen LogP contribution in [0.3, 0.4) is 0 Å². The van der Waals surface area contributed by atoms with Gasteiger partial charge in [0, 0.05) is 37.8 Å². The fourth-order valence-electron chi connectivity index (χ4n) is 3.99. The summed E-state index contributed by atoms with van der Waals surface area (Å²) >= 11 is 0. The number of aliphatic hydroxyl groups is 1. The Hall–Kier alpha value is -0.240. The molecule has 3 fully saturated rings. The molecular weight excluding hydrogens is 414 g/mol. The van der Waals surface area contributed by atoms with Gasteiger partial charge in [-0.05, 0) is 66.0 Å². The summed E-state index contributed by atoms with van der Waals surface area (Å²) in [7, 11) is 0. The third kappa shape index (κ3) is 13.4. The number of hydrogen-bond acceptors (Lipinski definition) is 6. The van der Waals surface area contributed by atoms with Crippen molar-refractivity contribution in [2.45, 2.75) is 117 Å². The molecule has 2 heterocycles. The highest BCUT2D eigenvalue weighted by molar-refractivity contribution is 4.96. The third-order valence-corrected chi connectivity index (χ3v) is 6.32. The van der Waals surface area contributed by atoms with Crippen LogP contribution < -0.4 is 5.32 Å². The van der Waals surface area contributed by atoms with E-state index in [0.29, 0.717) is 6.10 Å². The first kappa shape index (κ1) is 30.8. The molecule has 2 saturated heterocycles. The lowest BCUT2D eigenvalue weighted by molar-refractivity contribution is -0.127. The quantitative estimate of drug-likeness (QED) is 0.554. The van der Waals surface area contributed by atoms with Gasteiger partial charge in [0.2, 0.25) is 0 Å². The largest absolute Gasteiger partial charge is 0.388 e. The Morgan fingerprint density at radius 3 is 1.91 bits per heavy atom. The summed E-state index contributed by atoms with van der Waals surface area (Å²) in [4.78, 5) is 4.86. The zero-order valence-electron chi connectivity index (χ0n) is 23.5. The molecule has 6 heteroatoms. The Balaban J connectivity index is 0.000000285. The van der Waals surface area contributed by atoms with Crippen LogP contribution in [0.25, 0.3) is 0 Å². The fraction of sp³-hybridized carbons (Fsp3) is 1.00. The predicted octanol–water partition coefficient (Wildman–Crippen LogP) is 4.16. The zero-order chi connectivity index (χ0) is 25.1. The topological polar surface area (TPSA) is 57.2 Å². The molecule has 6 nitrogen and oxygen atoms in total. The third-order valence-electron chi connectivity index (χ3n) is 6.32. The van der Waals surface area contributed by atoms with Gasteiger partial charge in [-0.1, -0.05) is 41.0 Å². The van der Waals surface area contributed by atoms with Gasteiger partial charge in [-0.25, -0.2) is 0 Å². The molecule has 1 saturated carbocycles. The fourth-order valence-corrected chi connectivity index (χ4v) is 3.99. The Labute approximate surface area is 205 Å². The van der Waals surface area contributed by atoms with Crippen molar-refractivity contribution in [3.05, 3.63) is 0 Å². The second-order valence-electron chi connectivity index (χ2n) is 11.8. The van der Waals surface area contributed by atoms with Crippen molar-refractivity contribution in [1.29, 1.82) is 0 Å². The van der Waals surface area contributed by atoms with E-state index in [1.807, 2.05) is 13.8 Å². The van der Waals surface area contributed by atoms with E-state index in [0.717, 1.165) is 64.4 Å². The standard InChI is InChI=1S/C12H24N2O.C11H23NO2.C4H10/c1-4-14-7-8-15-11(9-14)12(2,3)13-10-5-6-10;1-4-5-6-12-7-8-14-10(9-12)11(2,3)13;1-4(2)3/h10-11,13H,4-9H2,1-3H3;10,13H,4-9H2,1-3H3;4H,1-3H3. The van der Waals surface area contributed by atoms with Crippen LogP contribution in [0.4, 0.5) is 0 Å². The number of rotatable bonds is 8. The summed E-state index contributed by atoms with van der Waals surface area (Å²) in [6.07, 6.45) is 5.45. The van der Waals surface area contributed by atoms with Crippen LogP contribution in [0.15, 0.2) is 0 Å². The van der Waals surface area contributed by atoms with E-state index >= 15 is 0 Å². The monoisotopic (exact) mass is 471 g/mol. The summed E-state index contributed by atoms with van der Waals surface area (Å²) in [5.74, 6) is 0.833. The lowest BCUT2D eigenvalue weighted by atomic mass is 9.95. The minimum absolute atomic E-state index is 0.0342. The maximum atomic E-state index is 9.83. The molecule has 33 heavy (non-hydrogen) atoms. The second kappa shape index (κ2) is 15.0. The number of nitrogens with zero attached hydrogens (tertiary/aromatic N) is 2. The van der Waals surface area contributed by atoms with Crippen molar-refractivity contribution < 1.29 is 14.6 Å². The maximum Gasteiger partial charge on any atom is 0.0983 e. The predicted molar refractivity (Wildman–Crippen MR) is 140 cm³/mol. The number of hydrogen-bond donors (Lipinski definition) is 2. The molecule has 198 valence electrons. The van der Waals surface area contributed by atoms with E-state index in [1.54, 1.807) is 0 Å². The molecule has 0 bridgehead atoms. The number of ether oxygens (including phenoxy) is 2. The van der Waals surface area contributed by atoms with Crippen LogP contribution in [-0.4, -0.2) is 96.8 Å². The first-order valence-corrected chi connectivity index (χ1v) is 13.6. The molecule has 2 aliphatic heterocycles. The minimum atomic E-state index is -0.717. The number of likely N-dealkylation sites (N-methyl/N-ethyl adjacent to an activating group) is 1. The Morgan fingerprint density at radius 1 is 0.909 bits per heavy atom. The Bertz CT molecular complexity index is 501. The normalized spacial score (nSPS) is 25.2. The van der Waals surface area contributed by atoms with E-state index in [9.17, 15) is 5.11 Å². The Kier molecular flexibility index (Phi) is 14.0. The first-order chi connectivity index (χ1) is 15.4. The molecule has 0 spiro atoms. The van der Waals surface area contributed by atoms with Crippen molar-refractivity contribution in [3.63, 3.8) is 0 Å². The zero-order valence-corrected chi connectivity index (χ0v) is 23.5. The summed E-state index contributed by atoms with van der Waals surface area (Å²) in [6.45, 7) is 27.0. The average Bonchev–Trinajstić information content (AvgIpc) is 3.55. The van der Waals surface area contributed by atoms with Gasteiger partial charge in [0.1, 0.15) is 0 Å². The molecule has 0 aromatic rings. The van der Waals surface area contributed by atoms with E-state index in [4.69, 9.17) is 9.47 Å².